The molecule has 122 valence electrons. The highest BCUT2D eigenvalue weighted by Crippen LogP contribution is 2.17. The van der Waals surface area contributed by atoms with Crippen LogP contribution in [0.5, 0.6) is 0 Å². The van der Waals surface area contributed by atoms with Gasteiger partial charge in [-0.25, -0.2) is 9.97 Å². The van der Waals surface area contributed by atoms with Crippen LogP contribution in [-0.4, -0.2) is 14.2 Å². The highest BCUT2D eigenvalue weighted by Gasteiger charge is 2.05. The molecule has 1 atom stereocenters. The fraction of sp³-hybridized carbons (Fsp3) is 0.158. The van der Waals surface area contributed by atoms with Gasteiger partial charge in [-0.3, -0.25) is 4.21 Å². The number of anilines is 2. The second kappa shape index (κ2) is 7.84. The lowest BCUT2D eigenvalue weighted by molar-refractivity contribution is 0.682. The van der Waals surface area contributed by atoms with Gasteiger partial charge in [-0.1, -0.05) is 42.5 Å². The number of hydrogen-bond acceptors (Lipinski definition) is 4. The van der Waals surface area contributed by atoms with E-state index in [9.17, 15) is 4.21 Å². The van der Waals surface area contributed by atoms with Crippen LogP contribution in [-0.2, 0) is 22.3 Å². The monoisotopic (exact) mass is 337 g/mol. The van der Waals surface area contributed by atoms with E-state index in [0.29, 0.717) is 17.5 Å². The molecule has 0 saturated heterocycles. The van der Waals surface area contributed by atoms with Crippen LogP contribution >= 0.6 is 0 Å². The van der Waals surface area contributed by atoms with Gasteiger partial charge in [0, 0.05) is 39.9 Å². The van der Waals surface area contributed by atoms with Crippen LogP contribution in [0.15, 0.2) is 66.9 Å². The van der Waals surface area contributed by atoms with Crippen LogP contribution in [0.1, 0.15) is 16.8 Å². The average molecular weight is 337 g/mol. The zero-order valence-corrected chi connectivity index (χ0v) is 14.3. The lowest BCUT2D eigenvalue weighted by Gasteiger charge is -2.08. The molecule has 24 heavy (non-hydrogen) atoms. The van der Waals surface area contributed by atoms with Crippen molar-refractivity contribution in [3.63, 3.8) is 0 Å². The number of benzene rings is 2. The molecular formula is C19H19N3OS. The standard InChI is InChI=1S/C19H19N3OS/c1-15-10-11-20-19(21-15)22-18-9-5-8-17(12-18)14-24(23)13-16-6-3-2-4-7-16/h2-12H,13-14H2,1H3,(H,20,21,22). The van der Waals surface area contributed by atoms with Crippen LogP contribution < -0.4 is 5.32 Å². The molecule has 1 unspecified atom stereocenters. The van der Waals surface area contributed by atoms with Gasteiger partial charge in [0.05, 0.1) is 0 Å². The number of aromatic nitrogens is 2. The maximum absolute atomic E-state index is 12.4. The first-order chi connectivity index (χ1) is 11.7. The number of nitrogens with one attached hydrogen (secondary N) is 1. The van der Waals surface area contributed by atoms with Gasteiger partial charge in [0.2, 0.25) is 5.95 Å². The van der Waals surface area contributed by atoms with Gasteiger partial charge in [-0.15, -0.1) is 0 Å². The molecule has 0 bridgehead atoms. The van der Waals surface area contributed by atoms with E-state index >= 15 is 0 Å². The van der Waals surface area contributed by atoms with Gasteiger partial charge in [0.1, 0.15) is 0 Å². The second-order valence-corrected chi connectivity index (χ2v) is 7.02. The summed E-state index contributed by atoms with van der Waals surface area (Å²) in [5.74, 6) is 1.66. The molecular weight excluding hydrogens is 318 g/mol. The molecule has 0 amide bonds. The molecule has 3 aromatic rings. The number of nitrogens with zero attached hydrogens (tertiary/aromatic N) is 2. The normalized spacial score (nSPS) is 11.9. The Labute approximate surface area is 144 Å². The minimum atomic E-state index is -0.939. The zero-order valence-electron chi connectivity index (χ0n) is 13.5. The second-order valence-electron chi connectivity index (χ2n) is 5.56. The third-order valence-electron chi connectivity index (χ3n) is 3.48. The summed E-state index contributed by atoms with van der Waals surface area (Å²) in [6.45, 7) is 1.93. The molecule has 0 radical (unpaired) electrons. The third-order valence-corrected chi connectivity index (χ3v) is 4.79. The summed E-state index contributed by atoms with van der Waals surface area (Å²) in [4.78, 5) is 8.53. The van der Waals surface area contributed by atoms with Crippen LogP contribution in [0.25, 0.3) is 0 Å². The summed E-state index contributed by atoms with van der Waals surface area (Å²) in [6, 6.07) is 19.7. The minimum Gasteiger partial charge on any atom is -0.324 e. The van der Waals surface area contributed by atoms with E-state index in [1.165, 1.54) is 0 Å². The highest BCUT2D eigenvalue weighted by atomic mass is 32.2. The van der Waals surface area contributed by atoms with Gasteiger partial charge >= 0.3 is 0 Å². The molecule has 0 fully saturated rings. The Balaban J connectivity index is 1.65. The molecule has 0 saturated carbocycles. The van der Waals surface area contributed by atoms with Crippen LogP contribution in [0.4, 0.5) is 11.6 Å². The quantitative estimate of drug-likeness (QED) is 0.739. The van der Waals surface area contributed by atoms with E-state index in [1.54, 1.807) is 6.20 Å². The molecule has 0 spiro atoms. The first-order valence-corrected chi connectivity index (χ1v) is 9.22. The smallest absolute Gasteiger partial charge is 0.227 e. The summed E-state index contributed by atoms with van der Waals surface area (Å²) >= 11 is 0. The maximum Gasteiger partial charge on any atom is 0.227 e. The molecule has 1 aromatic heterocycles. The van der Waals surface area contributed by atoms with E-state index in [2.05, 4.69) is 15.3 Å². The van der Waals surface area contributed by atoms with Crippen molar-refractivity contribution in [1.29, 1.82) is 0 Å². The third kappa shape index (κ3) is 4.73. The van der Waals surface area contributed by atoms with E-state index in [-0.39, 0.29) is 0 Å². The summed E-state index contributed by atoms with van der Waals surface area (Å²) < 4.78 is 12.4. The minimum absolute atomic E-state index is 0.527. The molecule has 0 aliphatic carbocycles. The zero-order chi connectivity index (χ0) is 16.8. The van der Waals surface area contributed by atoms with Gasteiger partial charge < -0.3 is 5.32 Å². The summed E-state index contributed by atoms with van der Waals surface area (Å²) in [6.07, 6.45) is 1.73. The summed E-state index contributed by atoms with van der Waals surface area (Å²) in [5, 5.41) is 3.19. The van der Waals surface area contributed by atoms with Crippen molar-refractivity contribution in [1.82, 2.24) is 9.97 Å². The number of rotatable bonds is 6. The molecule has 5 heteroatoms. The van der Waals surface area contributed by atoms with Crippen molar-refractivity contribution in [2.24, 2.45) is 0 Å². The fourth-order valence-electron chi connectivity index (χ4n) is 2.37. The van der Waals surface area contributed by atoms with Crippen molar-refractivity contribution in [2.75, 3.05) is 5.32 Å². The highest BCUT2D eigenvalue weighted by molar-refractivity contribution is 7.83. The van der Waals surface area contributed by atoms with Crippen molar-refractivity contribution in [3.8, 4) is 0 Å². The SMILES string of the molecule is Cc1ccnc(Nc2cccc(CS(=O)Cc3ccccc3)c2)n1. The van der Waals surface area contributed by atoms with Crippen molar-refractivity contribution in [3.05, 3.63) is 83.7 Å². The van der Waals surface area contributed by atoms with Crippen LogP contribution in [0.2, 0.25) is 0 Å². The van der Waals surface area contributed by atoms with Crippen molar-refractivity contribution in [2.45, 2.75) is 18.4 Å². The van der Waals surface area contributed by atoms with E-state index < -0.39 is 10.8 Å². The molecule has 1 heterocycles. The Morgan fingerprint density at radius 2 is 1.71 bits per heavy atom. The molecule has 4 nitrogen and oxygen atoms in total. The Kier molecular flexibility index (Phi) is 5.33. The summed E-state index contributed by atoms with van der Waals surface area (Å²) in [7, 11) is -0.939. The lowest BCUT2D eigenvalue weighted by atomic mass is 10.2. The predicted octanol–water partition coefficient (Wildman–Crippen LogP) is 3.98. The van der Waals surface area contributed by atoms with Gasteiger partial charge in [0.15, 0.2) is 0 Å². The fourth-order valence-corrected chi connectivity index (χ4v) is 3.59. The molecule has 0 aliphatic heterocycles. The van der Waals surface area contributed by atoms with Gasteiger partial charge in [-0.05, 0) is 36.2 Å². The Morgan fingerprint density at radius 1 is 0.958 bits per heavy atom. The largest absolute Gasteiger partial charge is 0.324 e. The van der Waals surface area contributed by atoms with E-state index in [4.69, 9.17) is 0 Å². The average Bonchev–Trinajstić information content (AvgIpc) is 2.56. The topological polar surface area (TPSA) is 54.9 Å². The van der Waals surface area contributed by atoms with Gasteiger partial charge in [0.25, 0.3) is 0 Å². The molecule has 1 N–H and O–H groups in total. The molecule has 3 rings (SSSR count). The maximum atomic E-state index is 12.4. The Bertz CT molecular complexity index is 837. The van der Waals surface area contributed by atoms with Crippen molar-refractivity contribution >= 4 is 22.4 Å². The molecule has 0 aliphatic rings. The van der Waals surface area contributed by atoms with Crippen molar-refractivity contribution < 1.29 is 4.21 Å². The van der Waals surface area contributed by atoms with E-state index in [1.807, 2.05) is 67.6 Å². The Hall–Kier alpha value is -2.53. The van der Waals surface area contributed by atoms with Gasteiger partial charge in [-0.2, -0.15) is 0 Å². The van der Waals surface area contributed by atoms with Crippen LogP contribution in [0, 0.1) is 6.92 Å². The van der Waals surface area contributed by atoms with E-state index in [0.717, 1.165) is 22.5 Å². The predicted molar refractivity (Wildman–Crippen MR) is 98.5 cm³/mol. The Morgan fingerprint density at radius 3 is 2.50 bits per heavy atom. The first-order valence-electron chi connectivity index (χ1n) is 7.73. The lowest BCUT2D eigenvalue weighted by Crippen LogP contribution is -2.01. The first kappa shape index (κ1) is 16.3. The summed E-state index contributed by atoms with van der Waals surface area (Å²) in [5.41, 5.74) is 3.93. The number of hydrogen-bond donors (Lipinski definition) is 1. The van der Waals surface area contributed by atoms with Crippen LogP contribution in [0.3, 0.4) is 0 Å². The number of aryl methyl sites for hydroxylation is 1. The molecule has 2 aromatic carbocycles.